The monoisotopic (exact) mass is 293 g/mol. The van der Waals surface area contributed by atoms with Crippen LogP contribution in [0.2, 0.25) is 0 Å². The molecule has 1 aliphatic carbocycles. The quantitative estimate of drug-likeness (QED) is 0.681. The zero-order valence-electron chi connectivity index (χ0n) is 12.6. The average molecular weight is 293 g/mol. The van der Waals surface area contributed by atoms with E-state index in [0.29, 0.717) is 11.3 Å². The maximum Gasteiger partial charge on any atom is 0.254 e. The molecule has 1 aliphatic rings. The highest BCUT2D eigenvalue weighted by Crippen LogP contribution is 2.25. The van der Waals surface area contributed by atoms with E-state index in [9.17, 15) is 4.79 Å². The second-order valence-electron chi connectivity index (χ2n) is 5.52. The van der Waals surface area contributed by atoms with Crippen LogP contribution >= 0.6 is 0 Å². The summed E-state index contributed by atoms with van der Waals surface area (Å²) in [5.41, 5.74) is 4.13. The van der Waals surface area contributed by atoms with E-state index in [1.807, 2.05) is 36.4 Å². The van der Waals surface area contributed by atoms with Crippen molar-refractivity contribution in [2.75, 3.05) is 5.32 Å². The number of nitrogens with one attached hydrogen (secondary N) is 1. The first kappa shape index (κ1) is 14.4. The standard InChI is InChI=1S/C19H19NO2/c1-14(13-22-18-8-3-2-4-9-18)19(21)20-17-11-10-15-6-5-7-16(15)12-17/h2-4,8-13H,5-7H2,1H3,(H,20,21)/b14-13+. The predicted molar refractivity (Wildman–Crippen MR) is 87.9 cm³/mol. The number of carbonyl (C=O) groups is 1. The van der Waals surface area contributed by atoms with E-state index in [-0.39, 0.29) is 5.91 Å². The highest BCUT2D eigenvalue weighted by atomic mass is 16.5. The van der Waals surface area contributed by atoms with Crippen LogP contribution in [0.25, 0.3) is 0 Å². The van der Waals surface area contributed by atoms with Crippen molar-refractivity contribution >= 4 is 11.6 Å². The molecule has 0 spiro atoms. The molecular weight excluding hydrogens is 274 g/mol. The molecule has 0 unspecified atom stereocenters. The van der Waals surface area contributed by atoms with Gasteiger partial charge in [-0.15, -0.1) is 0 Å². The van der Waals surface area contributed by atoms with E-state index in [1.54, 1.807) is 6.92 Å². The summed E-state index contributed by atoms with van der Waals surface area (Å²) in [5.74, 6) is 0.570. The number of rotatable bonds is 4. The van der Waals surface area contributed by atoms with Gasteiger partial charge in [0.1, 0.15) is 5.75 Å². The second-order valence-corrected chi connectivity index (χ2v) is 5.52. The van der Waals surface area contributed by atoms with Crippen LogP contribution in [0, 0.1) is 0 Å². The van der Waals surface area contributed by atoms with Gasteiger partial charge in [0.15, 0.2) is 0 Å². The van der Waals surface area contributed by atoms with Gasteiger partial charge in [-0.2, -0.15) is 0 Å². The Kier molecular flexibility index (Phi) is 4.24. The van der Waals surface area contributed by atoms with Crippen LogP contribution in [0.4, 0.5) is 5.69 Å². The van der Waals surface area contributed by atoms with E-state index >= 15 is 0 Å². The summed E-state index contributed by atoms with van der Waals surface area (Å²) in [7, 11) is 0. The molecule has 0 aliphatic heterocycles. The van der Waals surface area contributed by atoms with Crippen LogP contribution in [0.1, 0.15) is 24.5 Å². The summed E-state index contributed by atoms with van der Waals surface area (Å²) in [6, 6.07) is 15.6. The Hall–Kier alpha value is -2.55. The van der Waals surface area contributed by atoms with Crippen molar-refractivity contribution in [3.05, 3.63) is 71.5 Å². The molecule has 3 nitrogen and oxygen atoms in total. The molecule has 1 N–H and O–H groups in total. The van der Waals surface area contributed by atoms with Crippen LogP contribution < -0.4 is 10.1 Å². The molecule has 22 heavy (non-hydrogen) atoms. The summed E-state index contributed by atoms with van der Waals surface area (Å²) in [4.78, 5) is 12.2. The van der Waals surface area contributed by atoms with Gasteiger partial charge in [0.2, 0.25) is 0 Å². The lowest BCUT2D eigenvalue weighted by molar-refractivity contribution is -0.112. The number of para-hydroxylation sites is 1. The van der Waals surface area contributed by atoms with Crippen LogP contribution in [0.3, 0.4) is 0 Å². The van der Waals surface area contributed by atoms with Crippen molar-refractivity contribution < 1.29 is 9.53 Å². The van der Waals surface area contributed by atoms with Gasteiger partial charge in [0.05, 0.1) is 6.26 Å². The Morgan fingerprint density at radius 2 is 1.86 bits per heavy atom. The number of ether oxygens (including phenoxy) is 1. The number of aryl methyl sites for hydroxylation is 2. The summed E-state index contributed by atoms with van der Waals surface area (Å²) in [6.07, 6.45) is 4.94. The minimum Gasteiger partial charge on any atom is -0.465 e. The maximum atomic E-state index is 12.2. The Balaban J connectivity index is 1.63. The van der Waals surface area contributed by atoms with E-state index in [2.05, 4.69) is 17.4 Å². The van der Waals surface area contributed by atoms with Gasteiger partial charge < -0.3 is 10.1 Å². The Labute approximate surface area is 130 Å². The first-order valence-electron chi connectivity index (χ1n) is 7.54. The highest BCUT2D eigenvalue weighted by Gasteiger charge is 2.12. The SMILES string of the molecule is C/C(=C\Oc1ccccc1)C(=O)Nc1ccc2c(c1)CCC2. The summed E-state index contributed by atoms with van der Waals surface area (Å²) in [5, 5.41) is 2.92. The number of carbonyl (C=O) groups excluding carboxylic acids is 1. The van der Waals surface area contributed by atoms with Gasteiger partial charge in [-0.1, -0.05) is 24.3 Å². The van der Waals surface area contributed by atoms with Crippen molar-refractivity contribution in [3.8, 4) is 5.75 Å². The Bertz CT molecular complexity index is 705. The van der Waals surface area contributed by atoms with Gasteiger partial charge in [-0.3, -0.25) is 4.79 Å². The second kappa shape index (κ2) is 6.48. The molecule has 112 valence electrons. The smallest absolute Gasteiger partial charge is 0.254 e. The number of hydrogen-bond donors (Lipinski definition) is 1. The van der Waals surface area contributed by atoms with Crippen LogP contribution in [-0.2, 0) is 17.6 Å². The van der Waals surface area contributed by atoms with Crippen molar-refractivity contribution in [1.29, 1.82) is 0 Å². The van der Waals surface area contributed by atoms with Gasteiger partial charge >= 0.3 is 0 Å². The molecule has 3 rings (SSSR count). The zero-order valence-corrected chi connectivity index (χ0v) is 12.6. The third-order valence-electron chi connectivity index (χ3n) is 3.83. The first-order chi connectivity index (χ1) is 10.7. The molecule has 0 atom stereocenters. The largest absolute Gasteiger partial charge is 0.465 e. The van der Waals surface area contributed by atoms with Gasteiger partial charge in [-0.05, 0) is 61.6 Å². The Morgan fingerprint density at radius 1 is 1.09 bits per heavy atom. The molecule has 3 heteroatoms. The molecule has 0 heterocycles. The van der Waals surface area contributed by atoms with Gasteiger partial charge in [0.25, 0.3) is 5.91 Å². The van der Waals surface area contributed by atoms with Crippen LogP contribution in [0.5, 0.6) is 5.75 Å². The summed E-state index contributed by atoms with van der Waals surface area (Å²) >= 11 is 0. The minimum atomic E-state index is -0.145. The Morgan fingerprint density at radius 3 is 2.68 bits per heavy atom. The number of hydrogen-bond acceptors (Lipinski definition) is 2. The molecular formula is C19H19NO2. The van der Waals surface area contributed by atoms with Crippen molar-refractivity contribution in [1.82, 2.24) is 0 Å². The third-order valence-corrected chi connectivity index (χ3v) is 3.83. The summed E-state index contributed by atoms with van der Waals surface area (Å²) < 4.78 is 5.48. The number of amides is 1. The van der Waals surface area contributed by atoms with Crippen molar-refractivity contribution in [2.45, 2.75) is 26.2 Å². The lowest BCUT2D eigenvalue weighted by Gasteiger charge is -2.08. The normalized spacial score (nSPS) is 13.6. The lowest BCUT2D eigenvalue weighted by atomic mass is 10.1. The number of benzene rings is 2. The fourth-order valence-corrected chi connectivity index (χ4v) is 2.59. The van der Waals surface area contributed by atoms with Gasteiger partial charge in [0, 0.05) is 11.3 Å². The molecule has 1 amide bonds. The van der Waals surface area contributed by atoms with E-state index in [4.69, 9.17) is 4.74 Å². The van der Waals surface area contributed by atoms with Crippen LogP contribution in [0.15, 0.2) is 60.4 Å². The summed E-state index contributed by atoms with van der Waals surface area (Å²) in [6.45, 7) is 1.74. The van der Waals surface area contributed by atoms with E-state index in [1.165, 1.54) is 23.8 Å². The molecule has 0 bridgehead atoms. The predicted octanol–water partition coefficient (Wildman–Crippen LogP) is 4.10. The van der Waals surface area contributed by atoms with Gasteiger partial charge in [-0.25, -0.2) is 0 Å². The number of anilines is 1. The van der Waals surface area contributed by atoms with Crippen molar-refractivity contribution in [3.63, 3.8) is 0 Å². The van der Waals surface area contributed by atoms with Crippen LogP contribution in [-0.4, -0.2) is 5.91 Å². The maximum absolute atomic E-state index is 12.2. The lowest BCUT2D eigenvalue weighted by Crippen LogP contribution is -2.13. The fraction of sp³-hybridized carbons (Fsp3) is 0.211. The molecule has 0 saturated heterocycles. The molecule has 0 fully saturated rings. The number of fused-ring (bicyclic) bond motifs is 1. The molecule has 0 saturated carbocycles. The molecule has 2 aromatic carbocycles. The minimum absolute atomic E-state index is 0.145. The zero-order chi connectivity index (χ0) is 15.4. The molecule has 0 aromatic heterocycles. The highest BCUT2D eigenvalue weighted by molar-refractivity contribution is 6.03. The molecule has 0 radical (unpaired) electrons. The fourth-order valence-electron chi connectivity index (χ4n) is 2.59. The van der Waals surface area contributed by atoms with E-state index < -0.39 is 0 Å². The molecule has 2 aromatic rings. The third kappa shape index (κ3) is 3.37. The van der Waals surface area contributed by atoms with Crippen molar-refractivity contribution in [2.24, 2.45) is 0 Å². The topological polar surface area (TPSA) is 38.3 Å². The van der Waals surface area contributed by atoms with E-state index in [0.717, 1.165) is 18.5 Å². The average Bonchev–Trinajstić information content (AvgIpc) is 3.01. The first-order valence-corrected chi connectivity index (χ1v) is 7.54.